The summed E-state index contributed by atoms with van der Waals surface area (Å²) in [7, 11) is 0. The van der Waals surface area contributed by atoms with E-state index < -0.39 is 0 Å². The molecule has 1 saturated heterocycles. The maximum atomic E-state index is 5.64. The van der Waals surface area contributed by atoms with Crippen LogP contribution in [0.1, 0.15) is 36.5 Å². The molecular weight excluding hydrogens is 254 g/mol. The van der Waals surface area contributed by atoms with Gasteiger partial charge in [-0.2, -0.15) is 0 Å². The predicted molar refractivity (Wildman–Crippen MR) is 75.9 cm³/mol. The molecule has 2 aromatic rings. The second kappa shape index (κ2) is 5.46. The van der Waals surface area contributed by atoms with Crippen molar-refractivity contribution in [2.75, 3.05) is 19.8 Å². The van der Waals surface area contributed by atoms with Crippen molar-refractivity contribution in [1.29, 1.82) is 0 Å². The van der Waals surface area contributed by atoms with Crippen LogP contribution >= 0.6 is 0 Å². The Kier molecular flexibility index (Phi) is 3.67. The van der Waals surface area contributed by atoms with Crippen molar-refractivity contribution in [3.63, 3.8) is 0 Å². The van der Waals surface area contributed by atoms with Gasteiger partial charge in [-0.25, -0.2) is 4.98 Å². The highest BCUT2D eigenvalue weighted by molar-refractivity contribution is 5.34. The van der Waals surface area contributed by atoms with Crippen LogP contribution in [0, 0.1) is 13.8 Å². The first-order valence-electron chi connectivity index (χ1n) is 7.21. The molecule has 1 N–H and O–H groups in total. The van der Waals surface area contributed by atoms with E-state index in [0.717, 1.165) is 36.8 Å². The van der Waals surface area contributed by atoms with Crippen molar-refractivity contribution in [2.24, 2.45) is 0 Å². The van der Waals surface area contributed by atoms with Gasteiger partial charge < -0.3 is 10.1 Å². The molecule has 0 bridgehead atoms. The third-order valence-electron chi connectivity index (χ3n) is 3.79. The zero-order chi connectivity index (χ0) is 14.1. The second-order valence-electron chi connectivity index (χ2n) is 5.44. The molecular formula is C14H21N5O. The summed E-state index contributed by atoms with van der Waals surface area (Å²) in [5, 5.41) is 12.1. The van der Waals surface area contributed by atoms with Gasteiger partial charge in [-0.1, -0.05) is 6.92 Å². The average Bonchev–Trinajstić information content (AvgIpc) is 3.01. The fourth-order valence-electron chi connectivity index (χ4n) is 2.84. The number of rotatable bonds is 4. The molecule has 6 heteroatoms. The zero-order valence-corrected chi connectivity index (χ0v) is 12.3. The first kappa shape index (κ1) is 13.5. The van der Waals surface area contributed by atoms with Crippen LogP contribution in [0.4, 0.5) is 0 Å². The maximum absolute atomic E-state index is 5.64. The molecule has 0 amide bonds. The number of hydrogen-bond donors (Lipinski definition) is 1. The van der Waals surface area contributed by atoms with Gasteiger partial charge in [0.15, 0.2) is 0 Å². The number of nitrogens with one attached hydrogen (secondary N) is 1. The molecule has 3 rings (SSSR count). The monoisotopic (exact) mass is 275 g/mol. The van der Waals surface area contributed by atoms with Gasteiger partial charge in [-0.15, -0.1) is 10.2 Å². The third kappa shape index (κ3) is 2.29. The lowest BCUT2D eigenvalue weighted by molar-refractivity contribution is 0.187. The highest BCUT2D eigenvalue weighted by Crippen LogP contribution is 2.25. The lowest BCUT2D eigenvalue weighted by atomic mass is 10.0. The number of fused-ring (bicyclic) bond motifs is 1. The second-order valence-corrected chi connectivity index (χ2v) is 5.44. The quantitative estimate of drug-likeness (QED) is 0.909. The fourth-order valence-corrected chi connectivity index (χ4v) is 2.84. The van der Waals surface area contributed by atoms with Gasteiger partial charge in [-0.3, -0.25) is 4.40 Å². The summed E-state index contributed by atoms with van der Waals surface area (Å²) in [6.45, 7) is 8.64. The van der Waals surface area contributed by atoms with Crippen LogP contribution in [0.3, 0.4) is 0 Å². The summed E-state index contributed by atoms with van der Waals surface area (Å²) >= 11 is 0. The standard InChI is InChI=1S/C14H21N5O/c1-4-5-15-12-8-20-7-11(12)13-17-18-14-16-9(2)6-10(3)19(13)14/h6,11-12,15H,4-5,7-8H2,1-3H3. The minimum absolute atomic E-state index is 0.236. The molecule has 0 radical (unpaired) electrons. The fraction of sp³-hybridized carbons (Fsp3) is 0.643. The summed E-state index contributed by atoms with van der Waals surface area (Å²) in [6.07, 6.45) is 1.11. The number of aryl methyl sites for hydroxylation is 2. The Morgan fingerprint density at radius 3 is 3.00 bits per heavy atom. The van der Waals surface area contributed by atoms with E-state index in [1.807, 2.05) is 11.3 Å². The van der Waals surface area contributed by atoms with E-state index >= 15 is 0 Å². The Labute approximate surface area is 118 Å². The van der Waals surface area contributed by atoms with Crippen LogP contribution in [0.5, 0.6) is 0 Å². The van der Waals surface area contributed by atoms with Crippen molar-refractivity contribution < 1.29 is 4.74 Å². The Morgan fingerprint density at radius 2 is 2.20 bits per heavy atom. The first-order chi connectivity index (χ1) is 9.70. The number of hydrogen-bond acceptors (Lipinski definition) is 5. The largest absolute Gasteiger partial charge is 0.379 e. The van der Waals surface area contributed by atoms with E-state index in [1.165, 1.54) is 0 Å². The predicted octanol–water partition coefficient (Wildman–Crippen LogP) is 1.22. The van der Waals surface area contributed by atoms with Crippen LogP contribution in [0.15, 0.2) is 6.07 Å². The van der Waals surface area contributed by atoms with Gasteiger partial charge in [0.2, 0.25) is 0 Å². The van der Waals surface area contributed by atoms with Crippen LogP contribution in [-0.4, -0.2) is 45.4 Å². The van der Waals surface area contributed by atoms with Crippen molar-refractivity contribution >= 4 is 5.78 Å². The van der Waals surface area contributed by atoms with Gasteiger partial charge in [-0.05, 0) is 32.9 Å². The van der Waals surface area contributed by atoms with E-state index in [-0.39, 0.29) is 5.92 Å². The smallest absolute Gasteiger partial charge is 0.255 e. The lowest BCUT2D eigenvalue weighted by Gasteiger charge is -2.17. The van der Waals surface area contributed by atoms with Crippen molar-refractivity contribution in [3.8, 4) is 0 Å². The highest BCUT2D eigenvalue weighted by Gasteiger charge is 2.33. The molecule has 6 nitrogen and oxygen atoms in total. The average molecular weight is 275 g/mol. The van der Waals surface area contributed by atoms with E-state index in [2.05, 4.69) is 40.4 Å². The van der Waals surface area contributed by atoms with E-state index in [0.29, 0.717) is 18.4 Å². The molecule has 108 valence electrons. The number of ether oxygens (including phenoxy) is 1. The summed E-state index contributed by atoms with van der Waals surface area (Å²) in [6, 6.07) is 2.37. The first-order valence-corrected chi connectivity index (χ1v) is 7.21. The van der Waals surface area contributed by atoms with Crippen LogP contribution in [-0.2, 0) is 4.74 Å². The van der Waals surface area contributed by atoms with Gasteiger partial charge in [0, 0.05) is 17.4 Å². The van der Waals surface area contributed by atoms with Crippen molar-refractivity contribution in [3.05, 3.63) is 23.3 Å². The molecule has 0 saturated carbocycles. The molecule has 2 unspecified atom stereocenters. The van der Waals surface area contributed by atoms with Gasteiger partial charge in [0.25, 0.3) is 5.78 Å². The summed E-state index contributed by atoms with van der Waals surface area (Å²) in [4.78, 5) is 4.44. The Bertz CT molecular complexity index is 609. The molecule has 1 fully saturated rings. The van der Waals surface area contributed by atoms with E-state index in [9.17, 15) is 0 Å². The van der Waals surface area contributed by atoms with Gasteiger partial charge in [0.05, 0.1) is 19.1 Å². The van der Waals surface area contributed by atoms with Gasteiger partial charge in [0.1, 0.15) is 5.82 Å². The van der Waals surface area contributed by atoms with Crippen LogP contribution < -0.4 is 5.32 Å². The zero-order valence-electron chi connectivity index (χ0n) is 12.3. The normalized spacial score (nSPS) is 22.8. The molecule has 0 aliphatic carbocycles. The molecule has 0 spiro atoms. The minimum Gasteiger partial charge on any atom is -0.379 e. The summed E-state index contributed by atoms with van der Waals surface area (Å²) < 4.78 is 7.69. The SMILES string of the molecule is CCCNC1COCC1c1nnc2nc(C)cc(C)n12. The minimum atomic E-state index is 0.236. The molecule has 20 heavy (non-hydrogen) atoms. The van der Waals surface area contributed by atoms with E-state index in [1.54, 1.807) is 0 Å². The Balaban J connectivity index is 1.97. The molecule has 2 atom stereocenters. The topological polar surface area (TPSA) is 64.3 Å². The number of nitrogens with zero attached hydrogens (tertiary/aromatic N) is 4. The Morgan fingerprint density at radius 1 is 1.35 bits per heavy atom. The maximum Gasteiger partial charge on any atom is 0.255 e. The van der Waals surface area contributed by atoms with Crippen LogP contribution in [0.25, 0.3) is 5.78 Å². The molecule has 0 aromatic carbocycles. The number of aromatic nitrogens is 4. The molecule has 3 heterocycles. The Hall–Kier alpha value is -1.53. The van der Waals surface area contributed by atoms with Gasteiger partial charge >= 0.3 is 0 Å². The summed E-state index contributed by atoms with van der Waals surface area (Å²) in [5.74, 6) is 1.87. The lowest BCUT2D eigenvalue weighted by Crippen LogP contribution is -2.35. The van der Waals surface area contributed by atoms with E-state index in [4.69, 9.17) is 4.74 Å². The third-order valence-corrected chi connectivity index (χ3v) is 3.79. The van der Waals surface area contributed by atoms with Crippen LogP contribution in [0.2, 0.25) is 0 Å². The summed E-state index contributed by atoms with van der Waals surface area (Å²) in [5.41, 5.74) is 2.09. The molecule has 1 aliphatic rings. The highest BCUT2D eigenvalue weighted by atomic mass is 16.5. The molecule has 1 aliphatic heterocycles. The van der Waals surface area contributed by atoms with Crippen molar-refractivity contribution in [1.82, 2.24) is 24.9 Å². The van der Waals surface area contributed by atoms with Crippen molar-refractivity contribution in [2.45, 2.75) is 39.2 Å². The molecule has 2 aromatic heterocycles.